The summed E-state index contributed by atoms with van der Waals surface area (Å²) in [5.74, 6) is 0.113. The molecule has 10 heavy (non-hydrogen) atoms. The molecule has 0 saturated heterocycles. The molecule has 0 fully saturated rings. The molecule has 1 atom stereocenters. The van der Waals surface area contributed by atoms with Gasteiger partial charge < -0.3 is 11.5 Å². The first kappa shape index (κ1) is 7.18. The minimum Gasteiger partial charge on any atom is -0.315 e. The first-order valence-corrected chi connectivity index (χ1v) is 3.18. The van der Waals surface area contributed by atoms with Crippen molar-refractivity contribution in [3.63, 3.8) is 0 Å². The molecule has 0 spiro atoms. The molecule has 0 radical (unpaired) electrons. The number of allylic oxidation sites excluding steroid dienone is 1. The molecule has 0 aromatic heterocycles. The van der Waals surface area contributed by atoms with Gasteiger partial charge in [0.25, 0.3) is 0 Å². The van der Waals surface area contributed by atoms with E-state index in [-0.39, 0.29) is 12.1 Å². The molecule has 54 valence electrons. The van der Waals surface area contributed by atoms with Crippen LogP contribution in [-0.4, -0.2) is 12.4 Å². The van der Waals surface area contributed by atoms with Crippen LogP contribution in [0.15, 0.2) is 29.4 Å². The van der Waals surface area contributed by atoms with Gasteiger partial charge in [-0.2, -0.15) is 0 Å². The van der Waals surface area contributed by atoms with Crippen LogP contribution in [0.2, 0.25) is 0 Å². The molecule has 1 aliphatic heterocycles. The average Bonchev–Trinajstić information content (AvgIpc) is 2.12. The van der Waals surface area contributed by atoms with Crippen LogP contribution >= 0.6 is 0 Å². The SMILES string of the molecule is NC(N)C1C=CC=NC=C1. The zero-order chi connectivity index (χ0) is 7.40. The molecule has 0 aliphatic carbocycles. The summed E-state index contributed by atoms with van der Waals surface area (Å²) in [5.41, 5.74) is 10.9. The first-order chi connectivity index (χ1) is 4.80. The molecule has 3 heteroatoms. The highest BCUT2D eigenvalue weighted by Gasteiger charge is 2.05. The van der Waals surface area contributed by atoms with Crippen molar-refractivity contribution in [1.29, 1.82) is 0 Å². The molecule has 0 saturated carbocycles. The van der Waals surface area contributed by atoms with E-state index in [4.69, 9.17) is 11.5 Å². The van der Waals surface area contributed by atoms with Gasteiger partial charge in [-0.15, -0.1) is 0 Å². The number of rotatable bonds is 1. The minimum atomic E-state index is -0.325. The van der Waals surface area contributed by atoms with Crippen LogP contribution in [0.1, 0.15) is 0 Å². The molecule has 1 unspecified atom stereocenters. The van der Waals surface area contributed by atoms with Gasteiger partial charge in [0, 0.05) is 18.3 Å². The van der Waals surface area contributed by atoms with E-state index in [0.717, 1.165) is 0 Å². The largest absolute Gasteiger partial charge is 0.315 e. The molecule has 1 heterocycles. The quantitative estimate of drug-likeness (QED) is 0.500. The summed E-state index contributed by atoms with van der Waals surface area (Å²) in [6.07, 6.45) is 8.74. The lowest BCUT2D eigenvalue weighted by Gasteiger charge is -2.09. The van der Waals surface area contributed by atoms with Crippen LogP contribution in [0.4, 0.5) is 0 Å². The average molecular weight is 137 g/mol. The Morgan fingerprint density at radius 1 is 1.30 bits per heavy atom. The van der Waals surface area contributed by atoms with Gasteiger partial charge in [0.2, 0.25) is 0 Å². The van der Waals surface area contributed by atoms with Gasteiger partial charge >= 0.3 is 0 Å². The number of aliphatic imine (C=N–C) groups is 1. The number of hydrogen-bond donors (Lipinski definition) is 2. The predicted molar refractivity (Wildman–Crippen MR) is 42.4 cm³/mol. The van der Waals surface area contributed by atoms with E-state index in [1.54, 1.807) is 12.4 Å². The third kappa shape index (κ3) is 1.79. The van der Waals surface area contributed by atoms with Gasteiger partial charge in [0.1, 0.15) is 0 Å². The lowest BCUT2D eigenvalue weighted by Crippen LogP contribution is -2.36. The maximum atomic E-state index is 5.46. The van der Waals surface area contributed by atoms with E-state index in [0.29, 0.717) is 0 Å². The summed E-state index contributed by atoms with van der Waals surface area (Å²) in [7, 11) is 0. The van der Waals surface area contributed by atoms with Crippen molar-refractivity contribution in [2.45, 2.75) is 6.17 Å². The van der Waals surface area contributed by atoms with Crippen LogP contribution < -0.4 is 11.5 Å². The summed E-state index contributed by atoms with van der Waals surface area (Å²) in [4.78, 5) is 3.90. The standard InChI is InChI=1S/C7H11N3/c8-7(9)6-2-1-4-10-5-3-6/h1-7H,8-9H2. The van der Waals surface area contributed by atoms with Crippen molar-refractivity contribution in [3.05, 3.63) is 24.4 Å². The third-order valence-corrected chi connectivity index (χ3v) is 1.34. The Morgan fingerprint density at radius 3 is 2.80 bits per heavy atom. The van der Waals surface area contributed by atoms with Gasteiger partial charge in [0.05, 0.1) is 6.17 Å². The highest BCUT2D eigenvalue weighted by Crippen LogP contribution is 2.03. The molecule has 0 amide bonds. The Hall–Kier alpha value is -0.930. The maximum absolute atomic E-state index is 5.46. The van der Waals surface area contributed by atoms with Crippen molar-refractivity contribution in [2.75, 3.05) is 0 Å². The topological polar surface area (TPSA) is 64.4 Å². The Balaban J connectivity index is 2.63. The van der Waals surface area contributed by atoms with Gasteiger partial charge in [-0.25, -0.2) is 0 Å². The molecule has 3 nitrogen and oxygen atoms in total. The fourth-order valence-corrected chi connectivity index (χ4v) is 0.747. The summed E-state index contributed by atoms with van der Waals surface area (Å²) >= 11 is 0. The van der Waals surface area contributed by atoms with E-state index in [9.17, 15) is 0 Å². The van der Waals surface area contributed by atoms with Crippen molar-refractivity contribution >= 4 is 6.21 Å². The molecule has 1 aliphatic rings. The van der Waals surface area contributed by atoms with Crippen molar-refractivity contribution < 1.29 is 0 Å². The lowest BCUT2D eigenvalue weighted by molar-refractivity contribution is 0.607. The second-order valence-corrected chi connectivity index (χ2v) is 2.18. The zero-order valence-corrected chi connectivity index (χ0v) is 5.64. The predicted octanol–water partition coefficient (Wildman–Crippen LogP) is 0.000400. The second-order valence-electron chi connectivity index (χ2n) is 2.18. The van der Waals surface area contributed by atoms with Crippen LogP contribution in [0, 0.1) is 5.92 Å². The zero-order valence-electron chi connectivity index (χ0n) is 5.64. The molecule has 1 rings (SSSR count). The minimum absolute atomic E-state index is 0.113. The monoisotopic (exact) mass is 137 g/mol. The number of hydrogen-bond acceptors (Lipinski definition) is 3. The van der Waals surface area contributed by atoms with Gasteiger partial charge in [-0.1, -0.05) is 12.2 Å². The first-order valence-electron chi connectivity index (χ1n) is 3.18. The van der Waals surface area contributed by atoms with Gasteiger partial charge in [-0.3, -0.25) is 4.99 Å². The Kier molecular flexibility index (Phi) is 2.36. The fraction of sp³-hybridized carbons (Fsp3) is 0.286. The van der Waals surface area contributed by atoms with Crippen LogP contribution in [-0.2, 0) is 0 Å². The molecule has 4 N–H and O–H groups in total. The van der Waals surface area contributed by atoms with E-state index in [1.165, 1.54) is 0 Å². The Morgan fingerprint density at radius 2 is 2.10 bits per heavy atom. The highest BCUT2D eigenvalue weighted by molar-refractivity contribution is 5.72. The van der Waals surface area contributed by atoms with Crippen LogP contribution in [0.25, 0.3) is 0 Å². The smallest absolute Gasteiger partial charge is 0.0621 e. The van der Waals surface area contributed by atoms with E-state index >= 15 is 0 Å². The maximum Gasteiger partial charge on any atom is 0.0621 e. The van der Waals surface area contributed by atoms with E-state index in [2.05, 4.69) is 4.99 Å². The third-order valence-electron chi connectivity index (χ3n) is 1.34. The summed E-state index contributed by atoms with van der Waals surface area (Å²) < 4.78 is 0. The molecule has 0 aromatic carbocycles. The summed E-state index contributed by atoms with van der Waals surface area (Å²) in [6.45, 7) is 0. The van der Waals surface area contributed by atoms with Gasteiger partial charge in [0.15, 0.2) is 0 Å². The fourth-order valence-electron chi connectivity index (χ4n) is 0.747. The van der Waals surface area contributed by atoms with Crippen molar-refractivity contribution in [2.24, 2.45) is 22.4 Å². The highest BCUT2D eigenvalue weighted by atomic mass is 14.9. The van der Waals surface area contributed by atoms with Crippen LogP contribution in [0.5, 0.6) is 0 Å². The molecular weight excluding hydrogens is 126 g/mol. The van der Waals surface area contributed by atoms with Crippen molar-refractivity contribution in [3.8, 4) is 0 Å². The van der Waals surface area contributed by atoms with E-state index in [1.807, 2.05) is 18.2 Å². The summed E-state index contributed by atoms with van der Waals surface area (Å²) in [5, 5.41) is 0. The summed E-state index contributed by atoms with van der Waals surface area (Å²) in [6, 6.07) is 0. The second kappa shape index (κ2) is 3.29. The molecule has 0 aromatic rings. The number of nitrogens with two attached hydrogens (primary N) is 2. The van der Waals surface area contributed by atoms with Crippen LogP contribution in [0.3, 0.4) is 0 Å². The van der Waals surface area contributed by atoms with E-state index < -0.39 is 0 Å². The Bertz CT molecular complexity index is 163. The lowest BCUT2D eigenvalue weighted by atomic mass is 10.1. The number of nitrogens with zero attached hydrogens (tertiary/aromatic N) is 1. The normalized spacial score (nSPS) is 23.7. The molecular formula is C7H11N3. The van der Waals surface area contributed by atoms with Crippen molar-refractivity contribution in [1.82, 2.24) is 0 Å². The van der Waals surface area contributed by atoms with Gasteiger partial charge in [-0.05, 0) is 6.08 Å². The molecule has 0 bridgehead atoms. The Labute approximate surface area is 60.1 Å².